The lowest BCUT2D eigenvalue weighted by molar-refractivity contribution is -0.384. The minimum atomic E-state index is -0.575. The molecule has 124 valence electrons. The molecule has 0 fully saturated rings. The third-order valence-electron chi connectivity index (χ3n) is 3.43. The number of carbonyl (C=O) groups is 1. The van der Waals surface area contributed by atoms with Gasteiger partial charge in [0.1, 0.15) is 6.17 Å². The molecule has 1 aromatic carbocycles. The summed E-state index contributed by atoms with van der Waals surface area (Å²) in [4.78, 5) is 22.1. The zero-order chi connectivity index (χ0) is 17.1. The van der Waals surface area contributed by atoms with E-state index in [1.807, 2.05) is 13.8 Å². The second-order valence-electron chi connectivity index (χ2n) is 5.41. The van der Waals surface area contributed by atoms with Crippen LogP contribution in [0.1, 0.15) is 13.8 Å². The van der Waals surface area contributed by atoms with E-state index in [4.69, 9.17) is 4.74 Å². The minimum Gasteiger partial charge on any atom is -0.463 e. The first-order valence-electron chi connectivity index (χ1n) is 7.05. The average molecular weight is 321 g/mol. The molecule has 9 heteroatoms. The lowest BCUT2D eigenvalue weighted by Crippen LogP contribution is -2.61. The molecule has 0 bridgehead atoms. The third kappa shape index (κ3) is 3.39. The number of hydrazine groups is 1. The Morgan fingerprint density at radius 2 is 2.00 bits per heavy atom. The smallest absolute Gasteiger partial charge is 0.377 e. The number of nitro benzene ring substituents is 1. The van der Waals surface area contributed by atoms with E-state index in [0.717, 1.165) is 0 Å². The van der Waals surface area contributed by atoms with Crippen LogP contribution in [0.4, 0.5) is 11.4 Å². The van der Waals surface area contributed by atoms with Gasteiger partial charge in [-0.3, -0.25) is 15.1 Å². The highest BCUT2D eigenvalue weighted by Crippen LogP contribution is 2.25. The second kappa shape index (κ2) is 6.61. The van der Waals surface area contributed by atoms with Crippen LogP contribution in [-0.2, 0) is 9.53 Å². The van der Waals surface area contributed by atoms with E-state index in [2.05, 4.69) is 10.5 Å². The number of nitro groups is 1. The summed E-state index contributed by atoms with van der Waals surface area (Å²) < 4.78 is 4.72. The van der Waals surface area contributed by atoms with Gasteiger partial charge in [-0.05, 0) is 18.1 Å². The van der Waals surface area contributed by atoms with Crippen LogP contribution in [-0.4, -0.2) is 42.1 Å². The zero-order valence-corrected chi connectivity index (χ0v) is 13.4. The summed E-state index contributed by atoms with van der Waals surface area (Å²) >= 11 is 0. The van der Waals surface area contributed by atoms with E-state index in [9.17, 15) is 14.9 Å². The monoisotopic (exact) mass is 321 g/mol. The number of anilines is 1. The van der Waals surface area contributed by atoms with Crippen molar-refractivity contribution < 1.29 is 14.5 Å². The van der Waals surface area contributed by atoms with E-state index >= 15 is 0 Å². The van der Waals surface area contributed by atoms with Crippen LogP contribution in [0.2, 0.25) is 0 Å². The van der Waals surface area contributed by atoms with Crippen molar-refractivity contribution >= 4 is 23.2 Å². The number of nitrogens with one attached hydrogen (secondary N) is 1. The summed E-state index contributed by atoms with van der Waals surface area (Å²) in [7, 11) is 2.96. The number of methoxy groups -OCH3 is 1. The fourth-order valence-electron chi connectivity index (χ4n) is 2.19. The predicted octanol–water partition coefficient (Wildman–Crippen LogP) is 1.32. The second-order valence-corrected chi connectivity index (χ2v) is 5.41. The number of hydrazone groups is 1. The maximum atomic E-state index is 11.8. The Kier molecular flexibility index (Phi) is 4.80. The number of carbonyl (C=O) groups excluding carboxylic acids is 1. The van der Waals surface area contributed by atoms with E-state index in [-0.39, 0.29) is 23.6 Å². The Morgan fingerprint density at radius 1 is 1.39 bits per heavy atom. The topological polar surface area (TPSA) is 100 Å². The van der Waals surface area contributed by atoms with Crippen molar-refractivity contribution in [2.24, 2.45) is 11.0 Å². The first-order chi connectivity index (χ1) is 10.8. The van der Waals surface area contributed by atoms with E-state index in [1.54, 1.807) is 24.2 Å². The van der Waals surface area contributed by atoms with Gasteiger partial charge in [-0.1, -0.05) is 13.8 Å². The fraction of sp³-hybridized carbons (Fsp3) is 0.429. The van der Waals surface area contributed by atoms with Gasteiger partial charge < -0.3 is 4.74 Å². The molecule has 1 N–H and O–H groups in total. The van der Waals surface area contributed by atoms with Crippen LogP contribution in [0.15, 0.2) is 29.4 Å². The molecule has 2 rings (SSSR count). The molecule has 1 aliphatic heterocycles. The van der Waals surface area contributed by atoms with Crippen LogP contribution >= 0.6 is 0 Å². The molecule has 23 heavy (non-hydrogen) atoms. The Morgan fingerprint density at radius 3 is 2.48 bits per heavy atom. The van der Waals surface area contributed by atoms with Crippen LogP contribution in [0.5, 0.6) is 0 Å². The van der Waals surface area contributed by atoms with E-state index < -0.39 is 10.9 Å². The van der Waals surface area contributed by atoms with E-state index in [1.165, 1.54) is 24.3 Å². The fourth-order valence-corrected chi connectivity index (χ4v) is 2.19. The van der Waals surface area contributed by atoms with Crippen molar-refractivity contribution in [3.8, 4) is 0 Å². The van der Waals surface area contributed by atoms with E-state index in [0.29, 0.717) is 5.69 Å². The Hall–Kier alpha value is -2.68. The van der Waals surface area contributed by atoms with Gasteiger partial charge in [-0.2, -0.15) is 0 Å². The van der Waals surface area contributed by atoms with Crippen molar-refractivity contribution in [3.05, 3.63) is 34.4 Å². The van der Waals surface area contributed by atoms with Crippen LogP contribution in [0, 0.1) is 16.0 Å². The number of amidine groups is 1. The molecule has 0 saturated heterocycles. The lowest BCUT2D eigenvalue weighted by atomic mass is 10.1. The van der Waals surface area contributed by atoms with Crippen LogP contribution in [0.25, 0.3) is 0 Å². The normalized spacial score (nSPS) is 18.0. The van der Waals surface area contributed by atoms with Crippen molar-refractivity contribution in [3.63, 3.8) is 0 Å². The van der Waals surface area contributed by atoms with Crippen molar-refractivity contribution in [2.75, 3.05) is 19.2 Å². The molecule has 1 unspecified atom stereocenters. The number of hydrogen-bond donors (Lipinski definition) is 1. The zero-order valence-electron chi connectivity index (χ0n) is 13.4. The van der Waals surface area contributed by atoms with Crippen molar-refractivity contribution in [1.29, 1.82) is 0 Å². The van der Waals surface area contributed by atoms with Crippen molar-refractivity contribution in [2.45, 2.75) is 20.0 Å². The first-order valence-corrected chi connectivity index (χ1v) is 7.05. The number of nitrogens with zero attached hydrogens (tertiary/aromatic N) is 4. The summed E-state index contributed by atoms with van der Waals surface area (Å²) in [6.07, 6.45) is -0.213. The summed E-state index contributed by atoms with van der Waals surface area (Å²) in [5.41, 5.74) is 3.79. The molecule has 0 radical (unpaired) electrons. The number of ether oxygens (including phenoxy) is 1. The molecule has 0 saturated carbocycles. The summed E-state index contributed by atoms with van der Waals surface area (Å²) in [6, 6.07) is 5.99. The number of esters is 1. The van der Waals surface area contributed by atoms with Gasteiger partial charge in [0.25, 0.3) is 5.69 Å². The van der Waals surface area contributed by atoms with Gasteiger partial charge in [-0.15, -0.1) is 5.10 Å². The molecule has 1 aliphatic rings. The minimum absolute atomic E-state index is 0.00546. The molecular weight excluding hydrogens is 302 g/mol. The molecule has 0 aromatic heterocycles. The van der Waals surface area contributed by atoms with Crippen LogP contribution < -0.4 is 10.4 Å². The first kappa shape index (κ1) is 16.7. The molecule has 1 heterocycles. The summed E-state index contributed by atoms with van der Waals surface area (Å²) in [5.74, 6) is -0.313. The van der Waals surface area contributed by atoms with Crippen LogP contribution in [0.3, 0.4) is 0 Å². The van der Waals surface area contributed by atoms with Gasteiger partial charge in [-0.25, -0.2) is 15.2 Å². The summed E-state index contributed by atoms with van der Waals surface area (Å²) in [6.45, 7) is 4.01. The Bertz CT molecular complexity index is 629. The van der Waals surface area contributed by atoms with Gasteiger partial charge in [0.05, 0.1) is 17.7 Å². The number of likely N-dealkylation sites (N-methyl/N-ethyl adjacent to an activating group) is 1. The van der Waals surface area contributed by atoms with Gasteiger partial charge >= 0.3 is 5.97 Å². The van der Waals surface area contributed by atoms with Crippen molar-refractivity contribution in [1.82, 2.24) is 10.4 Å². The average Bonchev–Trinajstić information content (AvgIpc) is 2.53. The molecule has 0 spiro atoms. The number of non-ortho nitro benzene ring substituents is 1. The number of hydrogen-bond acceptors (Lipinski definition) is 8. The standard InChI is InChI=1S/C14H19N5O4/c1-9(2)12-15-17(3)13(14(20)23-4)16-18(12)10-5-7-11(8-6-10)19(21)22/h5-9,12,15H,1-4H3. The predicted molar refractivity (Wildman–Crippen MR) is 84.6 cm³/mol. The maximum absolute atomic E-state index is 11.8. The Balaban J connectivity index is 2.42. The molecule has 1 aromatic rings. The maximum Gasteiger partial charge on any atom is 0.377 e. The number of benzene rings is 1. The van der Waals surface area contributed by atoms with Gasteiger partial charge in [0.2, 0.25) is 5.84 Å². The van der Waals surface area contributed by atoms with Gasteiger partial charge in [0.15, 0.2) is 0 Å². The van der Waals surface area contributed by atoms with Gasteiger partial charge in [0, 0.05) is 19.2 Å². The molecule has 1 atom stereocenters. The Labute approximate surface area is 133 Å². The highest BCUT2D eigenvalue weighted by Gasteiger charge is 2.33. The molecule has 0 amide bonds. The quantitative estimate of drug-likeness (QED) is 0.507. The highest BCUT2D eigenvalue weighted by atomic mass is 16.6. The SMILES string of the molecule is COC(=O)C1=NN(c2ccc([N+](=O)[O-])cc2)C(C(C)C)NN1C. The molecule has 0 aliphatic carbocycles. The lowest BCUT2D eigenvalue weighted by Gasteiger charge is -2.40. The molecular formula is C14H19N5O4. The molecule has 9 nitrogen and oxygen atoms in total. The third-order valence-corrected chi connectivity index (χ3v) is 3.43. The largest absolute Gasteiger partial charge is 0.463 e. The summed E-state index contributed by atoms with van der Waals surface area (Å²) in [5, 5.41) is 18.3. The highest BCUT2D eigenvalue weighted by molar-refractivity contribution is 6.35. The number of rotatable bonds is 4.